The zero-order valence-electron chi connectivity index (χ0n) is 13.7. The van der Waals surface area contributed by atoms with Gasteiger partial charge in [0.25, 0.3) is 0 Å². The Bertz CT molecular complexity index is 862. The Balaban J connectivity index is 1.93. The van der Waals surface area contributed by atoms with Gasteiger partial charge in [-0.3, -0.25) is 0 Å². The average molecular weight is 337 g/mol. The summed E-state index contributed by atoms with van der Waals surface area (Å²) in [7, 11) is 2.79. The van der Waals surface area contributed by atoms with Gasteiger partial charge in [-0.15, -0.1) is 15.0 Å². The van der Waals surface area contributed by atoms with Gasteiger partial charge in [-0.2, -0.15) is 0 Å². The maximum Gasteiger partial charge on any atom is 0.346 e. The molecule has 0 spiro atoms. The summed E-state index contributed by atoms with van der Waals surface area (Å²) in [5.74, 6) is -0.588. The van der Waals surface area contributed by atoms with Crippen molar-refractivity contribution in [3.63, 3.8) is 0 Å². The second-order valence-corrected chi connectivity index (χ2v) is 4.89. The standard InChI is InChI=1S/C18H15N3O4/c1-23-16-19-17(24-2)21-18(20-16)25-15(22)14-11-7-6-10-13(14)12-8-4-3-5-9-12/h3-11H,1-2H3. The molecule has 0 saturated carbocycles. The molecule has 2 aromatic carbocycles. The smallest absolute Gasteiger partial charge is 0.346 e. The fraction of sp³-hybridized carbons (Fsp3) is 0.111. The van der Waals surface area contributed by atoms with Crippen molar-refractivity contribution in [2.24, 2.45) is 0 Å². The molecule has 0 unspecified atom stereocenters. The van der Waals surface area contributed by atoms with Gasteiger partial charge < -0.3 is 14.2 Å². The molecule has 0 aliphatic heterocycles. The maximum atomic E-state index is 12.6. The molecule has 0 saturated heterocycles. The van der Waals surface area contributed by atoms with E-state index in [1.54, 1.807) is 12.1 Å². The lowest BCUT2D eigenvalue weighted by Gasteiger charge is -2.09. The summed E-state index contributed by atoms with van der Waals surface area (Å²) >= 11 is 0. The lowest BCUT2D eigenvalue weighted by Crippen LogP contribution is -2.13. The van der Waals surface area contributed by atoms with Crippen molar-refractivity contribution in [1.29, 1.82) is 0 Å². The number of rotatable bonds is 5. The van der Waals surface area contributed by atoms with E-state index in [2.05, 4.69) is 15.0 Å². The molecule has 3 aromatic rings. The molecule has 1 heterocycles. The predicted octanol–water partition coefficient (Wildman–Crippen LogP) is 2.78. The van der Waals surface area contributed by atoms with Gasteiger partial charge in [0.2, 0.25) is 0 Å². The SMILES string of the molecule is COc1nc(OC)nc(OC(=O)c2ccccc2-c2ccccc2)n1. The zero-order chi connectivity index (χ0) is 17.6. The summed E-state index contributed by atoms with van der Waals surface area (Å²) < 4.78 is 15.2. The summed E-state index contributed by atoms with van der Waals surface area (Å²) in [4.78, 5) is 24.3. The van der Waals surface area contributed by atoms with Crippen LogP contribution in [0.5, 0.6) is 18.0 Å². The van der Waals surface area contributed by atoms with Crippen LogP contribution in [0.4, 0.5) is 0 Å². The van der Waals surface area contributed by atoms with Crippen molar-refractivity contribution >= 4 is 5.97 Å². The van der Waals surface area contributed by atoms with Gasteiger partial charge in [0.15, 0.2) is 0 Å². The summed E-state index contributed by atoms with van der Waals surface area (Å²) in [5.41, 5.74) is 2.05. The number of hydrogen-bond acceptors (Lipinski definition) is 7. The summed E-state index contributed by atoms with van der Waals surface area (Å²) in [6.45, 7) is 0. The molecule has 0 atom stereocenters. The first-order chi connectivity index (χ1) is 12.2. The van der Waals surface area contributed by atoms with Crippen molar-refractivity contribution in [2.75, 3.05) is 14.2 Å². The van der Waals surface area contributed by atoms with Crippen molar-refractivity contribution in [1.82, 2.24) is 15.0 Å². The largest absolute Gasteiger partial charge is 0.467 e. The zero-order valence-corrected chi connectivity index (χ0v) is 13.7. The molecule has 1 aromatic heterocycles. The van der Waals surface area contributed by atoms with Crippen molar-refractivity contribution < 1.29 is 19.0 Å². The average Bonchev–Trinajstić information content (AvgIpc) is 2.68. The molecular formula is C18H15N3O4. The molecule has 7 heteroatoms. The second kappa shape index (κ2) is 7.39. The van der Waals surface area contributed by atoms with Crippen LogP contribution in [0.3, 0.4) is 0 Å². The highest BCUT2D eigenvalue weighted by atomic mass is 16.6. The van der Waals surface area contributed by atoms with Gasteiger partial charge in [0, 0.05) is 0 Å². The Kier molecular flexibility index (Phi) is 4.84. The van der Waals surface area contributed by atoms with E-state index in [4.69, 9.17) is 14.2 Å². The number of esters is 1. The molecule has 0 bridgehead atoms. The minimum absolute atomic E-state index is 0.00834. The van der Waals surface area contributed by atoms with Gasteiger partial charge in [0.05, 0.1) is 19.8 Å². The first-order valence-corrected chi connectivity index (χ1v) is 7.42. The Morgan fingerprint density at radius 2 is 1.32 bits per heavy atom. The van der Waals surface area contributed by atoms with Gasteiger partial charge >= 0.3 is 24.0 Å². The first kappa shape index (κ1) is 16.4. The minimum Gasteiger partial charge on any atom is -0.467 e. The van der Waals surface area contributed by atoms with Crippen LogP contribution in [0.2, 0.25) is 0 Å². The minimum atomic E-state index is -0.588. The summed E-state index contributed by atoms with van der Waals surface area (Å²) in [5, 5.41) is 0. The molecule has 126 valence electrons. The second-order valence-electron chi connectivity index (χ2n) is 4.89. The maximum absolute atomic E-state index is 12.6. The van der Waals surface area contributed by atoms with E-state index >= 15 is 0 Å². The van der Waals surface area contributed by atoms with Gasteiger partial charge in [-0.25, -0.2) is 4.79 Å². The lowest BCUT2D eigenvalue weighted by molar-refractivity contribution is 0.0717. The summed E-state index contributed by atoms with van der Waals surface area (Å²) in [6, 6.07) is 16.5. The molecule has 0 aliphatic rings. The number of aromatic nitrogens is 3. The monoisotopic (exact) mass is 337 g/mol. The highest BCUT2D eigenvalue weighted by Crippen LogP contribution is 2.24. The van der Waals surface area contributed by atoms with E-state index in [9.17, 15) is 4.79 Å². The number of methoxy groups -OCH3 is 2. The molecule has 25 heavy (non-hydrogen) atoms. The van der Waals surface area contributed by atoms with Crippen molar-refractivity contribution in [3.8, 4) is 29.2 Å². The van der Waals surface area contributed by atoms with E-state index in [0.29, 0.717) is 5.56 Å². The Morgan fingerprint density at radius 1 is 0.760 bits per heavy atom. The molecule has 0 radical (unpaired) electrons. The quantitative estimate of drug-likeness (QED) is 0.662. The first-order valence-electron chi connectivity index (χ1n) is 7.42. The molecule has 0 aliphatic carbocycles. The highest BCUT2D eigenvalue weighted by Gasteiger charge is 2.17. The van der Waals surface area contributed by atoms with Gasteiger partial charge in [-0.1, -0.05) is 48.5 Å². The van der Waals surface area contributed by atoms with Crippen LogP contribution in [-0.2, 0) is 0 Å². The number of ether oxygens (including phenoxy) is 3. The normalized spacial score (nSPS) is 10.2. The fourth-order valence-corrected chi connectivity index (χ4v) is 2.22. The highest BCUT2D eigenvalue weighted by molar-refractivity contribution is 5.98. The topological polar surface area (TPSA) is 83.4 Å². The van der Waals surface area contributed by atoms with Gasteiger partial charge in [0.1, 0.15) is 0 Å². The molecule has 0 fully saturated rings. The molecule has 0 N–H and O–H groups in total. The Labute approximate surface area is 144 Å². The van der Waals surface area contributed by atoms with E-state index in [1.807, 2.05) is 42.5 Å². The summed E-state index contributed by atoms with van der Waals surface area (Å²) in [6.07, 6.45) is 0. The number of hydrogen-bond donors (Lipinski definition) is 0. The number of nitrogens with zero attached hydrogens (tertiary/aromatic N) is 3. The van der Waals surface area contributed by atoms with E-state index in [-0.39, 0.29) is 18.0 Å². The molecule has 3 rings (SSSR count). The van der Waals surface area contributed by atoms with E-state index in [1.165, 1.54) is 14.2 Å². The van der Waals surface area contributed by atoms with Crippen LogP contribution in [-0.4, -0.2) is 35.1 Å². The van der Waals surface area contributed by atoms with E-state index in [0.717, 1.165) is 11.1 Å². The Hall–Kier alpha value is -3.48. The van der Waals surface area contributed by atoms with Crippen LogP contribution in [0.25, 0.3) is 11.1 Å². The third-order valence-electron chi connectivity index (χ3n) is 3.35. The van der Waals surface area contributed by atoms with Crippen molar-refractivity contribution in [2.45, 2.75) is 0 Å². The number of carbonyl (C=O) groups excluding carboxylic acids is 1. The van der Waals surface area contributed by atoms with Crippen LogP contribution in [0.15, 0.2) is 54.6 Å². The lowest BCUT2D eigenvalue weighted by atomic mass is 10.00. The Morgan fingerprint density at radius 3 is 1.96 bits per heavy atom. The molecule has 7 nitrogen and oxygen atoms in total. The van der Waals surface area contributed by atoms with Crippen molar-refractivity contribution in [3.05, 3.63) is 60.2 Å². The van der Waals surface area contributed by atoms with Crippen LogP contribution >= 0.6 is 0 Å². The van der Waals surface area contributed by atoms with Gasteiger partial charge in [-0.05, 0) is 17.2 Å². The van der Waals surface area contributed by atoms with Crippen LogP contribution < -0.4 is 14.2 Å². The van der Waals surface area contributed by atoms with Crippen LogP contribution in [0.1, 0.15) is 10.4 Å². The number of benzene rings is 2. The molecular weight excluding hydrogens is 322 g/mol. The predicted molar refractivity (Wildman–Crippen MR) is 89.8 cm³/mol. The number of carbonyl (C=O) groups is 1. The van der Waals surface area contributed by atoms with E-state index < -0.39 is 5.97 Å². The third-order valence-corrected chi connectivity index (χ3v) is 3.35. The third kappa shape index (κ3) is 3.72. The van der Waals surface area contributed by atoms with Crippen LogP contribution in [0, 0.1) is 0 Å². The molecule has 0 amide bonds. The fourth-order valence-electron chi connectivity index (χ4n) is 2.22.